The molecule has 0 bridgehead atoms. The second kappa shape index (κ2) is 8.12. The van der Waals surface area contributed by atoms with E-state index in [1.807, 2.05) is 11.8 Å². The molecule has 1 heterocycles. The largest absolute Gasteiger partial charge is 0.353 e. The quantitative estimate of drug-likeness (QED) is 0.685. The predicted octanol–water partition coefficient (Wildman–Crippen LogP) is 0.443. The van der Waals surface area contributed by atoms with E-state index in [0.717, 1.165) is 0 Å². The Morgan fingerprint density at radius 2 is 1.64 bits per heavy atom. The molecule has 126 valence electrons. The summed E-state index contributed by atoms with van der Waals surface area (Å²) in [6.07, 6.45) is 1.43. The molecular formula is C15H28N4O3. The summed E-state index contributed by atoms with van der Waals surface area (Å²) in [6, 6.07) is -1.11. The number of hydrogen-bond acceptors (Lipinski definition) is 4. The van der Waals surface area contributed by atoms with E-state index in [1.165, 1.54) is 0 Å². The van der Waals surface area contributed by atoms with Gasteiger partial charge in [0.25, 0.3) is 0 Å². The first-order valence-electron chi connectivity index (χ1n) is 7.87. The molecule has 7 heteroatoms. The highest BCUT2D eigenvalue weighted by Crippen LogP contribution is 2.19. The van der Waals surface area contributed by atoms with Gasteiger partial charge in [0.05, 0.1) is 6.04 Å². The van der Waals surface area contributed by atoms with Gasteiger partial charge in [-0.1, -0.05) is 13.8 Å². The molecule has 7 nitrogen and oxygen atoms in total. The van der Waals surface area contributed by atoms with Crippen LogP contribution in [0.25, 0.3) is 0 Å². The number of piperidine rings is 1. The molecule has 0 aliphatic carbocycles. The summed E-state index contributed by atoms with van der Waals surface area (Å²) < 4.78 is 0. The molecule has 1 rings (SSSR count). The second-order valence-electron chi connectivity index (χ2n) is 6.38. The van der Waals surface area contributed by atoms with Gasteiger partial charge < -0.3 is 11.1 Å². The number of rotatable bonds is 5. The van der Waals surface area contributed by atoms with Crippen LogP contribution in [0.4, 0.5) is 4.79 Å². The van der Waals surface area contributed by atoms with Gasteiger partial charge in [0.1, 0.15) is 0 Å². The van der Waals surface area contributed by atoms with Crippen molar-refractivity contribution in [3.63, 3.8) is 0 Å². The fourth-order valence-electron chi connectivity index (χ4n) is 2.45. The summed E-state index contributed by atoms with van der Waals surface area (Å²) in [4.78, 5) is 36.6. The van der Waals surface area contributed by atoms with Crippen LogP contribution in [0.2, 0.25) is 0 Å². The monoisotopic (exact) mass is 312 g/mol. The number of carbonyl (C=O) groups excluding carboxylic acids is 3. The molecule has 4 N–H and O–H groups in total. The minimum atomic E-state index is -0.839. The molecule has 0 aromatic rings. The molecule has 1 aliphatic heterocycles. The summed E-state index contributed by atoms with van der Waals surface area (Å²) in [5, 5.41) is 5.14. The van der Waals surface area contributed by atoms with E-state index >= 15 is 0 Å². The molecule has 1 fully saturated rings. The predicted molar refractivity (Wildman–Crippen MR) is 83.9 cm³/mol. The van der Waals surface area contributed by atoms with E-state index in [2.05, 4.69) is 24.5 Å². The fourth-order valence-corrected chi connectivity index (χ4v) is 2.45. The van der Waals surface area contributed by atoms with Crippen LogP contribution in [0.15, 0.2) is 0 Å². The smallest absolute Gasteiger partial charge is 0.318 e. The molecule has 0 aromatic carbocycles. The molecule has 0 unspecified atom stereocenters. The Morgan fingerprint density at radius 3 is 2.09 bits per heavy atom. The van der Waals surface area contributed by atoms with Gasteiger partial charge >= 0.3 is 6.03 Å². The van der Waals surface area contributed by atoms with Crippen LogP contribution < -0.4 is 16.4 Å². The van der Waals surface area contributed by atoms with Gasteiger partial charge in [-0.15, -0.1) is 0 Å². The van der Waals surface area contributed by atoms with Crippen molar-refractivity contribution in [3.8, 4) is 0 Å². The Morgan fingerprint density at radius 1 is 1.09 bits per heavy atom. The zero-order chi connectivity index (χ0) is 16.9. The van der Waals surface area contributed by atoms with E-state index in [1.54, 1.807) is 6.92 Å². The van der Waals surface area contributed by atoms with Crippen LogP contribution in [0, 0.1) is 11.8 Å². The van der Waals surface area contributed by atoms with E-state index in [0.29, 0.717) is 31.8 Å². The second-order valence-corrected chi connectivity index (χ2v) is 6.38. The Balaban J connectivity index is 2.44. The van der Waals surface area contributed by atoms with Crippen molar-refractivity contribution in [3.05, 3.63) is 0 Å². The van der Waals surface area contributed by atoms with Crippen LogP contribution >= 0.6 is 0 Å². The van der Waals surface area contributed by atoms with E-state index < -0.39 is 18.0 Å². The Labute approximate surface area is 132 Å². The SMILES string of the molecule is CC(C)[C@@H](C)NC(=O)C1CCN([C@H](C)C(=O)NC(N)=O)CC1. The molecule has 1 saturated heterocycles. The number of nitrogens with one attached hydrogen (secondary N) is 2. The molecule has 0 spiro atoms. The number of nitrogens with zero attached hydrogens (tertiary/aromatic N) is 1. The fraction of sp³-hybridized carbons (Fsp3) is 0.800. The van der Waals surface area contributed by atoms with Crippen molar-refractivity contribution in [1.29, 1.82) is 0 Å². The van der Waals surface area contributed by atoms with Gasteiger partial charge in [0.2, 0.25) is 11.8 Å². The summed E-state index contributed by atoms with van der Waals surface area (Å²) in [5.74, 6) is 0.0873. The van der Waals surface area contributed by atoms with Gasteiger partial charge in [-0.25, -0.2) is 4.79 Å². The maximum atomic E-state index is 12.2. The van der Waals surface area contributed by atoms with Crippen molar-refractivity contribution in [2.45, 2.75) is 52.6 Å². The molecule has 0 aromatic heterocycles. The average molecular weight is 312 g/mol. The molecule has 1 aliphatic rings. The number of nitrogens with two attached hydrogens (primary N) is 1. The lowest BCUT2D eigenvalue weighted by Crippen LogP contribution is -2.52. The first kappa shape index (κ1) is 18.4. The summed E-state index contributed by atoms with van der Waals surface area (Å²) in [6.45, 7) is 9.20. The number of amides is 4. The molecule has 2 atom stereocenters. The van der Waals surface area contributed by atoms with Crippen LogP contribution in [-0.2, 0) is 9.59 Å². The third kappa shape index (κ3) is 5.29. The van der Waals surface area contributed by atoms with Gasteiger partial charge in [-0.2, -0.15) is 0 Å². The normalized spacial score (nSPS) is 19.5. The summed E-state index contributed by atoms with van der Waals surface area (Å²) in [5.41, 5.74) is 4.95. The number of carbonyl (C=O) groups is 3. The lowest BCUT2D eigenvalue weighted by molar-refractivity contribution is -0.128. The molecule has 0 radical (unpaired) electrons. The van der Waals surface area contributed by atoms with Crippen molar-refractivity contribution >= 4 is 17.8 Å². The maximum absolute atomic E-state index is 12.2. The zero-order valence-corrected chi connectivity index (χ0v) is 13.9. The van der Waals surface area contributed by atoms with Crippen molar-refractivity contribution < 1.29 is 14.4 Å². The number of hydrogen-bond donors (Lipinski definition) is 3. The summed E-state index contributed by atoms with van der Waals surface area (Å²) >= 11 is 0. The number of likely N-dealkylation sites (tertiary alicyclic amines) is 1. The number of primary amides is 1. The third-order valence-electron chi connectivity index (χ3n) is 4.44. The van der Waals surface area contributed by atoms with Crippen molar-refractivity contribution in [1.82, 2.24) is 15.5 Å². The van der Waals surface area contributed by atoms with Gasteiger partial charge in [0, 0.05) is 12.0 Å². The topological polar surface area (TPSA) is 105 Å². The van der Waals surface area contributed by atoms with Crippen molar-refractivity contribution in [2.24, 2.45) is 17.6 Å². The van der Waals surface area contributed by atoms with Crippen LogP contribution in [0.3, 0.4) is 0 Å². The van der Waals surface area contributed by atoms with Gasteiger partial charge in [-0.3, -0.25) is 19.8 Å². The highest BCUT2D eigenvalue weighted by molar-refractivity contribution is 5.96. The van der Waals surface area contributed by atoms with Crippen LogP contribution in [-0.4, -0.2) is 47.9 Å². The standard InChI is InChI=1S/C15H28N4O3/c1-9(2)10(3)17-14(21)12-5-7-19(8-6-12)11(4)13(20)18-15(16)22/h9-12H,5-8H2,1-4H3,(H,17,21)(H3,16,18,20,22)/t10-,11-/m1/s1. The number of imide groups is 1. The third-order valence-corrected chi connectivity index (χ3v) is 4.44. The first-order valence-corrected chi connectivity index (χ1v) is 7.87. The minimum Gasteiger partial charge on any atom is -0.353 e. The van der Waals surface area contributed by atoms with Gasteiger partial charge in [-0.05, 0) is 45.7 Å². The van der Waals surface area contributed by atoms with E-state index in [-0.39, 0.29) is 17.9 Å². The molecule has 4 amide bonds. The maximum Gasteiger partial charge on any atom is 0.318 e. The molecular weight excluding hydrogens is 284 g/mol. The van der Waals surface area contributed by atoms with Gasteiger partial charge in [0.15, 0.2) is 0 Å². The Bertz CT molecular complexity index is 417. The van der Waals surface area contributed by atoms with E-state index in [4.69, 9.17) is 5.73 Å². The highest BCUT2D eigenvalue weighted by Gasteiger charge is 2.30. The number of urea groups is 1. The van der Waals surface area contributed by atoms with Crippen molar-refractivity contribution in [2.75, 3.05) is 13.1 Å². The lowest BCUT2D eigenvalue weighted by Gasteiger charge is -2.35. The molecule has 0 saturated carbocycles. The minimum absolute atomic E-state index is 0.0103. The molecule has 22 heavy (non-hydrogen) atoms. The van der Waals surface area contributed by atoms with Crippen LogP contribution in [0.5, 0.6) is 0 Å². The highest BCUT2D eigenvalue weighted by atomic mass is 16.2. The van der Waals surface area contributed by atoms with E-state index in [9.17, 15) is 14.4 Å². The Kier molecular flexibility index (Phi) is 6.80. The van der Waals surface area contributed by atoms with Crippen LogP contribution in [0.1, 0.15) is 40.5 Å². The Hall–Kier alpha value is -1.63. The average Bonchev–Trinajstić information content (AvgIpc) is 2.45. The zero-order valence-electron chi connectivity index (χ0n) is 13.9. The first-order chi connectivity index (χ1) is 10.2. The summed E-state index contributed by atoms with van der Waals surface area (Å²) in [7, 11) is 0. The lowest BCUT2D eigenvalue weighted by atomic mass is 9.94.